The predicted molar refractivity (Wildman–Crippen MR) is 71.8 cm³/mol. The second kappa shape index (κ2) is 5.85. The van der Waals surface area contributed by atoms with E-state index in [9.17, 15) is 14.6 Å². The van der Waals surface area contributed by atoms with Crippen LogP contribution in [0.2, 0.25) is 0 Å². The molecular formula is C11H17FN6O3. The van der Waals surface area contributed by atoms with Crippen LogP contribution in [0.3, 0.4) is 0 Å². The number of nitrogen functional groups attached to an aromatic ring is 1. The Bertz CT molecular complexity index is 609. The first-order valence-electron chi connectivity index (χ1n) is 6.12. The van der Waals surface area contributed by atoms with Crippen LogP contribution in [-0.4, -0.2) is 61.7 Å². The molecule has 10 heteroatoms. The maximum Gasteiger partial charge on any atom is 0.207 e. The van der Waals surface area contributed by atoms with E-state index in [4.69, 9.17) is 16.2 Å². The summed E-state index contributed by atoms with van der Waals surface area (Å²) < 4.78 is 20.6. The number of halogens is 1. The van der Waals surface area contributed by atoms with Crippen LogP contribution in [0.25, 0.3) is 11.2 Å². The molecule has 0 radical (unpaired) electrons. The van der Waals surface area contributed by atoms with Crippen LogP contribution in [0.15, 0.2) is 12.7 Å². The fourth-order valence-corrected chi connectivity index (χ4v) is 2.00. The zero-order valence-electron chi connectivity index (χ0n) is 11.3. The maximum absolute atomic E-state index is 14.6. The molecule has 2 aromatic rings. The Morgan fingerprint density at radius 1 is 1.48 bits per heavy atom. The number of alkyl halides is 1. The lowest BCUT2D eigenvalue weighted by Gasteiger charge is -2.35. The van der Waals surface area contributed by atoms with Gasteiger partial charge < -0.3 is 26.4 Å². The summed E-state index contributed by atoms with van der Waals surface area (Å²) in [5, 5.41) is 19.5. The summed E-state index contributed by atoms with van der Waals surface area (Å²) in [4.78, 5) is 11.5. The first kappa shape index (κ1) is 15.5. The zero-order valence-corrected chi connectivity index (χ0v) is 11.3. The number of nitrogens with two attached hydrogens (primary N) is 2. The summed E-state index contributed by atoms with van der Waals surface area (Å²) in [6.07, 6.45) is -1.42. The van der Waals surface area contributed by atoms with Crippen LogP contribution in [-0.2, 0) is 4.74 Å². The van der Waals surface area contributed by atoms with Crippen LogP contribution in [0, 0.1) is 0 Å². The highest BCUT2D eigenvalue weighted by Gasteiger charge is 2.43. The highest BCUT2D eigenvalue weighted by atomic mass is 19.1. The van der Waals surface area contributed by atoms with E-state index in [0.717, 1.165) is 17.2 Å². The quantitative estimate of drug-likeness (QED) is 0.508. The van der Waals surface area contributed by atoms with Crippen LogP contribution in [0.1, 0.15) is 6.30 Å². The van der Waals surface area contributed by atoms with Gasteiger partial charge in [0.05, 0.1) is 12.9 Å². The van der Waals surface area contributed by atoms with Gasteiger partial charge in [-0.15, -0.1) is 0 Å². The smallest absolute Gasteiger partial charge is 0.207 e. The number of anilines is 1. The summed E-state index contributed by atoms with van der Waals surface area (Å²) in [6, 6.07) is 0. The van der Waals surface area contributed by atoms with Crippen molar-refractivity contribution in [3.8, 4) is 0 Å². The molecule has 2 rings (SSSR count). The topological polar surface area (TPSA) is 145 Å². The lowest BCUT2D eigenvalue weighted by molar-refractivity contribution is -0.157. The molecule has 1 unspecified atom stereocenters. The highest BCUT2D eigenvalue weighted by molar-refractivity contribution is 5.81. The summed E-state index contributed by atoms with van der Waals surface area (Å²) in [7, 11) is 1.23. The van der Waals surface area contributed by atoms with Crippen molar-refractivity contribution < 1.29 is 19.3 Å². The Balaban J connectivity index is 2.42. The van der Waals surface area contributed by atoms with Gasteiger partial charge in [-0.05, 0) is 0 Å². The Labute approximate surface area is 119 Å². The maximum atomic E-state index is 14.6. The van der Waals surface area contributed by atoms with Gasteiger partial charge in [0.15, 0.2) is 11.5 Å². The third-order valence-corrected chi connectivity index (χ3v) is 3.47. The largest absolute Gasteiger partial charge is 0.393 e. The lowest BCUT2D eigenvalue weighted by atomic mass is 9.96. The van der Waals surface area contributed by atoms with Gasteiger partial charge in [-0.3, -0.25) is 4.57 Å². The van der Waals surface area contributed by atoms with Gasteiger partial charge in [0.1, 0.15) is 23.5 Å². The molecule has 2 heterocycles. The average molecular weight is 300 g/mol. The molecule has 6 N–H and O–H groups in total. The standard InChI is InChI=1S/C11H17FN6O3/c1-21-11(2-13,3-19)7(20)8(12)18-5-17-6-9(14)15-4-16-10(6)18/h4-5,7-8,19-20H,2-3,13H2,1H3,(H2,14,15,16)/t7-,8-,11?/m0/s1. The summed E-state index contributed by atoms with van der Waals surface area (Å²) >= 11 is 0. The Hall–Kier alpha value is -1.88. The van der Waals surface area contributed by atoms with Gasteiger partial charge in [0.2, 0.25) is 6.30 Å². The van der Waals surface area contributed by atoms with Gasteiger partial charge in [-0.25, -0.2) is 19.3 Å². The lowest BCUT2D eigenvalue weighted by Crippen LogP contribution is -2.55. The number of aliphatic hydroxyl groups is 2. The minimum atomic E-state index is -1.99. The van der Waals surface area contributed by atoms with Crippen molar-refractivity contribution in [1.29, 1.82) is 0 Å². The molecule has 0 spiro atoms. The van der Waals surface area contributed by atoms with E-state index < -0.39 is 24.6 Å². The van der Waals surface area contributed by atoms with E-state index in [0.29, 0.717) is 0 Å². The van der Waals surface area contributed by atoms with Crippen LogP contribution < -0.4 is 11.5 Å². The second-order valence-corrected chi connectivity index (χ2v) is 4.53. The molecule has 0 saturated carbocycles. The minimum Gasteiger partial charge on any atom is -0.393 e. The van der Waals surface area contributed by atoms with E-state index in [1.54, 1.807) is 0 Å². The van der Waals surface area contributed by atoms with Crippen molar-refractivity contribution in [3.63, 3.8) is 0 Å². The van der Waals surface area contributed by atoms with E-state index in [-0.39, 0.29) is 23.5 Å². The molecule has 0 aliphatic heterocycles. The van der Waals surface area contributed by atoms with Crippen LogP contribution in [0.4, 0.5) is 10.2 Å². The van der Waals surface area contributed by atoms with Crippen molar-refractivity contribution in [2.45, 2.75) is 18.0 Å². The predicted octanol–water partition coefficient (Wildman–Crippen LogP) is -1.43. The van der Waals surface area contributed by atoms with Crippen molar-refractivity contribution >= 4 is 17.0 Å². The van der Waals surface area contributed by atoms with Crippen molar-refractivity contribution in [1.82, 2.24) is 19.5 Å². The Kier molecular flexibility index (Phi) is 4.32. The number of aliphatic hydroxyl groups excluding tert-OH is 2. The number of methoxy groups -OCH3 is 1. The number of aromatic nitrogens is 4. The molecule has 3 atom stereocenters. The number of hydrogen-bond acceptors (Lipinski definition) is 8. The molecule has 0 amide bonds. The van der Waals surface area contributed by atoms with E-state index in [2.05, 4.69) is 15.0 Å². The minimum absolute atomic E-state index is 0.0967. The first-order valence-corrected chi connectivity index (χ1v) is 6.12. The monoisotopic (exact) mass is 300 g/mol. The van der Waals surface area contributed by atoms with Crippen molar-refractivity contribution in [3.05, 3.63) is 12.7 Å². The number of ether oxygens (including phenoxy) is 1. The van der Waals surface area contributed by atoms with Crippen LogP contribution in [0.5, 0.6) is 0 Å². The van der Waals surface area contributed by atoms with E-state index in [1.807, 2.05) is 0 Å². The van der Waals surface area contributed by atoms with Crippen LogP contribution >= 0.6 is 0 Å². The van der Waals surface area contributed by atoms with Gasteiger partial charge in [-0.2, -0.15) is 0 Å². The molecule has 0 aromatic carbocycles. The van der Waals surface area contributed by atoms with Crippen molar-refractivity contribution in [2.24, 2.45) is 5.73 Å². The highest BCUT2D eigenvalue weighted by Crippen LogP contribution is 2.28. The van der Waals surface area contributed by atoms with E-state index in [1.165, 1.54) is 7.11 Å². The van der Waals surface area contributed by atoms with Gasteiger partial charge in [-0.1, -0.05) is 0 Å². The van der Waals surface area contributed by atoms with Gasteiger partial charge >= 0.3 is 0 Å². The summed E-state index contributed by atoms with van der Waals surface area (Å²) in [5.74, 6) is 0.0967. The molecular weight excluding hydrogens is 283 g/mol. The summed E-state index contributed by atoms with van der Waals surface area (Å²) in [5.41, 5.74) is 9.79. The molecule has 116 valence electrons. The molecule has 0 aliphatic rings. The number of hydrogen-bond donors (Lipinski definition) is 4. The second-order valence-electron chi connectivity index (χ2n) is 4.53. The van der Waals surface area contributed by atoms with Crippen molar-refractivity contribution in [2.75, 3.05) is 26.0 Å². The molecule has 0 saturated heterocycles. The Morgan fingerprint density at radius 2 is 2.19 bits per heavy atom. The fraction of sp³-hybridized carbons (Fsp3) is 0.545. The fourth-order valence-electron chi connectivity index (χ4n) is 2.00. The molecule has 2 aromatic heterocycles. The zero-order chi connectivity index (χ0) is 15.6. The number of rotatable bonds is 6. The average Bonchev–Trinajstić information content (AvgIpc) is 2.94. The first-order chi connectivity index (χ1) is 10.0. The SMILES string of the molecule is COC(CN)(CO)[C@@H](O)[C@@H](F)n1cnc2c(N)ncnc21. The molecule has 9 nitrogen and oxygen atoms in total. The molecule has 0 aliphatic carbocycles. The van der Waals surface area contributed by atoms with Gasteiger partial charge in [0.25, 0.3) is 0 Å². The third-order valence-electron chi connectivity index (χ3n) is 3.47. The summed E-state index contributed by atoms with van der Waals surface area (Å²) in [6.45, 7) is -0.920. The normalized spacial score (nSPS) is 17.6. The Morgan fingerprint density at radius 3 is 2.76 bits per heavy atom. The number of fused-ring (bicyclic) bond motifs is 1. The van der Waals surface area contributed by atoms with E-state index >= 15 is 0 Å². The molecule has 0 fully saturated rings. The molecule has 0 bridgehead atoms. The third kappa shape index (κ3) is 2.42. The number of nitrogens with zero attached hydrogens (tertiary/aromatic N) is 4. The molecule has 21 heavy (non-hydrogen) atoms. The van der Waals surface area contributed by atoms with Gasteiger partial charge in [0, 0.05) is 13.7 Å². The number of imidazole rings is 1.